The summed E-state index contributed by atoms with van der Waals surface area (Å²) in [6.07, 6.45) is 5.80. The first-order chi connectivity index (χ1) is 16.0. The SMILES string of the molecule is CCC(C(=O)NC1CCCC1)N(Cc1ccccc1)C(=O)CCc1ccc(OC)c(OC)c1. The third-order valence-corrected chi connectivity index (χ3v) is 6.36. The van der Waals surface area contributed by atoms with E-state index in [1.54, 1.807) is 19.1 Å². The molecular weight excluding hydrogens is 416 g/mol. The third-order valence-electron chi connectivity index (χ3n) is 6.36. The van der Waals surface area contributed by atoms with E-state index in [9.17, 15) is 9.59 Å². The number of hydrogen-bond donors (Lipinski definition) is 1. The zero-order valence-corrected chi connectivity index (χ0v) is 20.0. The van der Waals surface area contributed by atoms with Crippen LogP contribution in [0.3, 0.4) is 0 Å². The van der Waals surface area contributed by atoms with Crippen LogP contribution in [-0.2, 0) is 22.6 Å². The van der Waals surface area contributed by atoms with Crippen molar-refractivity contribution in [1.82, 2.24) is 10.2 Å². The zero-order chi connectivity index (χ0) is 23.6. The fourth-order valence-corrected chi connectivity index (χ4v) is 4.50. The van der Waals surface area contributed by atoms with Crippen LogP contribution >= 0.6 is 0 Å². The van der Waals surface area contributed by atoms with Gasteiger partial charge in [-0.25, -0.2) is 0 Å². The topological polar surface area (TPSA) is 67.9 Å². The molecule has 0 radical (unpaired) electrons. The first kappa shape index (κ1) is 24.6. The van der Waals surface area contributed by atoms with Gasteiger partial charge in [-0.1, -0.05) is 56.2 Å². The standard InChI is InChI=1S/C27H36N2O4/c1-4-23(27(31)28-22-12-8-9-13-22)29(19-21-10-6-5-7-11-21)26(30)17-15-20-14-16-24(32-2)25(18-20)33-3/h5-7,10-11,14,16,18,22-23H,4,8-9,12-13,15,17,19H2,1-3H3,(H,28,31). The van der Waals surface area contributed by atoms with Gasteiger partial charge < -0.3 is 19.7 Å². The van der Waals surface area contributed by atoms with Crippen LogP contribution in [0, 0.1) is 0 Å². The molecule has 1 aliphatic rings. The predicted octanol–water partition coefficient (Wildman–Crippen LogP) is 4.50. The number of nitrogens with zero attached hydrogens (tertiary/aromatic N) is 1. The van der Waals surface area contributed by atoms with Gasteiger partial charge in [0, 0.05) is 19.0 Å². The monoisotopic (exact) mass is 452 g/mol. The summed E-state index contributed by atoms with van der Waals surface area (Å²) in [6, 6.07) is 15.3. The van der Waals surface area contributed by atoms with Crippen LogP contribution in [0.4, 0.5) is 0 Å². The van der Waals surface area contributed by atoms with Gasteiger partial charge in [0.2, 0.25) is 11.8 Å². The van der Waals surface area contributed by atoms with Gasteiger partial charge in [-0.15, -0.1) is 0 Å². The van der Waals surface area contributed by atoms with E-state index >= 15 is 0 Å². The molecule has 0 spiro atoms. The molecule has 6 heteroatoms. The number of methoxy groups -OCH3 is 2. The Morgan fingerprint density at radius 1 is 1.00 bits per heavy atom. The van der Waals surface area contributed by atoms with Gasteiger partial charge in [-0.2, -0.15) is 0 Å². The Kier molecular flexibility index (Phi) is 9.16. The molecular formula is C27H36N2O4. The van der Waals surface area contributed by atoms with Crippen molar-refractivity contribution in [2.75, 3.05) is 14.2 Å². The molecule has 1 N–H and O–H groups in total. The number of ether oxygens (including phenoxy) is 2. The summed E-state index contributed by atoms with van der Waals surface area (Å²) in [5, 5.41) is 3.19. The smallest absolute Gasteiger partial charge is 0.243 e. The van der Waals surface area contributed by atoms with E-state index in [2.05, 4.69) is 5.32 Å². The fraction of sp³-hybridized carbons (Fsp3) is 0.481. The van der Waals surface area contributed by atoms with E-state index in [0.717, 1.165) is 36.8 Å². The number of nitrogens with one attached hydrogen (secondary N) is 1. The summed E-state index contributed by atoms with van der Waals surface area (Å²) in [5.74, 6) is 1.24. The average Bonchev–Trinajstić information content (AvgIpc) is 3.35. The summed E-state index contributed by atoms with van der Waals surface area (Å²) < 4.78 is 10.7. The fourth-order valence-electron chi connectivity index (χ4n) is 4.50. The Bertz CT molecular complexity index is 910. The van der Waals surface area contributed by atoms with Gasteiger partial charge in [0.15, 0.2) is 11.5 Å². The average molecular weight is 453 g/mol. The molecule has 1 atom stereocenters. The lowest BCUT2D eigenvalue weighted by Crippen LogP contribution is -2.51. The van der Waals surface area contributed by atoms with Crippen molar-refractivity contribution in [1.29, 1.82) is 0 Å². The molecule has 1 saturated carbocycles. The summed E-state index contributed by atoms with van der Waals surface area (Å²) in [7, 11) is 3.20. The quantitative estimate of drug-likeness (QED) is 0.545. The lowest BCUT2D eigenvalue weighted by Gasteiger charge is -2.31. The van der Waals surface area contributed by atoms with Gasteiger partial charge in [0.25, 0.3) is 0 Å². The Labute approximate surface area is 197 Å². The van der Waals surface area contributed by atoms with Gasteiger partial charge in [0.1, 0.15) is 6.04 Å². The first-order valence-electron chi connectivity index (χ1n) is 11.9. The number of carbonyl (C=O) groups excluding carboxylic acids is 2. The van der Waals surface area contributed by atoms with Crippen LogP contribution in [-0.4, -0.2) is 43.0 Å². The lowest BCUT2D eigenvalue weighted by atomic mass is 10.1. The van der Waals surface area contributed by atoms with Gasteiger partial charge in [-0.05, 0) is 48.9 Å². The summed E-state index contributed by atoms with van der Waals surface area (Å²) in [5.41, 5.74) is 2.01. The maximum Gasteiger partial charge on any atom is 0.243 e. The second-order valence-electron chi connectivity index (χ2n) is 8.61. The second-order valence-corrected chi connectivity index (χ2v) is 8.61. The van der Waals surface area contributed by atoms with Gasteiger partial charge >= 0.3 is 0 Å². The highest BCUT2D eigenvalue weighted by atomic mass is 16.5. The molecule has 0 heterocycles. The minimum Gasteiger partial charge on any atom is -0.493 e. The number of aryl methyl sites for hydroxylation is 1. The molecule has 33 heavy (non-hydrogen) atoms. The van der Waals surface area contributed by atoms with Crippen LogP contribution in [0.2, 0.25) is 0 Å². The maximum absolute atomic E-state index is 13.4. The molecule has 2 amide bonds. The van der Waals surface area contributed by atoms with Crippen LogP contribution < -0.4 is 14.8 Å². The number of amides is 2. The molecule has 178 valence electrons. The van der Waals surface area contributed by atoms with Crippen LogP contribution in [0.1, 0.15) is 56.6 Å². The van der Waals surface area contributed by atoms with E-state index in [4.69, 9.17) is 9.47 Å². The zero-order valence-electron chi connectivity index (χ0n) is 20.0. The van der Waals surface area contributed by atoms with Crippen molar-refractivity contribution >= 4 is 11.8 Å². The van der Waals surface area contributed by atoms with E-state index in [-0.39, 0.29) is 17.9 Å². The van der Waals surface area contributed by atoms with Gasteiger partial charge in [0.05, 0.1) is 14.2 Å². The molecule has 1 aliphatic carbocycles. The van der Waals surface area contributed by atoms with E-state index in [1.165, 1.54) is 0 Å². The Morgan fingerprint density at radius 3 is 2.33 bits per heavy atom. The Morgan fingerprint density at radius 2 is 1.70 bits per heavy atom. The molecule has 2 aromatic rings. The summed E-state index contributed by atoms with van der Waals surface area (Å²) in [4.78, 5) is 28.3. The van der Waals surface area contributed by atoms with E-state index in [1.807, 2.05) is 55.5 Å². The molecule has 1 fully saturated rings. The molecule has 6 nitrogen and oxygen atoms in total. The molecule has 1 unspecified atom stereocenters. The van der Waals surface area contributed by atoms with Crippen molar-refractivity contribution in [3.8, 4) is 11.5 Å². The lowest BCUT2D eigenvalue weighted by molar-refractivity contribution is -0.141. The molecule has 0 aliphatic heterocycles. The van der Waals surface area contributed by atoms with Crippen molar-refractivity contribution in [3.05, 3.63) is 59.7 Å². The van der Waals surface area contributed by atoms with E-state index < -0.39 is 6.04 Å². The Balaban J connectivity index is 1.74. The number of carbonyl (C=O) groups is 2. The summed E-state index contributed by atoms with van der Waals surface area (Å²) >= 11 is 0. The highest BCUT2D eigenvalue weighted by Gasteiger charge is 2.30. The normalized spacial score (nSPS) is 14.5. The van der Waals surface area contributed by atoms with Crippen LogP contribution in [0.15, 0.2) is 48.5 Å². The number of hydrogen-bond acceptors (Lipinski definition) is 4. The minimum atomic E-state index is -0.483. The largest absolute Gasteiger partial charge is 0.493 e. The third kappa shape index (κ3) is 6.73. The summed E-state index contributed by atoms with van der Waals surface area (Å²) in [6.45, 7) is 2.39. The molecule has 0 bridgehead atoms. The van der Waals surface area contributed by atoms with Crippen LogP contribution in [0.5, 0.6) is 11.5 Å². The molecule has 0 aromatic heterocycles. The van der Waals surface area contributed by atoms with Crippen molar-refractivity contribution in [2.45, 2.75) is 70.5 Å². The number of rotatable bonds is 11. The first-order valence-corrected chi connectivity index (χ1v) is 11.9. The van der Waals surface area contributed by atoms with Crippen molar-refractivity contribution < 1.29 is 19.1 Å². The number of benzene rings is 2. The van der Waals surface area contributed by atoms with Gasteiger partial charge in [-0.3, -0.25) is 9.59 Å². The van der Waals surface area contributed by atoms with Crippen molar-refractivity contribution in [2.24, 2.45) is 0 Å². The highest BCUT2D eigenvalue weighted by molar-refractivity contribution is 5.88. The molecule has 2 aromatic carbocycles. The van der Waals surface area contributed by atoms with E-state index in [0.29, 0.717) is 37.3 Å². The second kappa shape index (κ2) is 12.3. The predicted molar refractivity (Wildman–Crippen MR) is 129 cm³/mol. The maximum atomic E-state index is 13.4. The molecule has 0 saturated heterocycles. The minimum absolute atomic E-state index is 0.0259. The highest BCUT2D eigenvalue weighted by Crippen LogP contribution is 2.28. The molecule has 3 rings (SSSR count). The van der Waals surface area contributed by atoms with Crippen LogP contribution in [0.25, 0.3) is 0 Å². The van der Waals surface area contributed by atoms with Crippen molar-refractivity contribution in [3.63, 3.8) is 0 Å². The Hall–Kier alpha value is -3.02.